The molecule has 0 unspecified atom stereocenters. The average molecular weight is 261 g/mol. The summed E-state index contributed by atoms with van der Waals surface area (Å²) in [5.41, 5.74) is -1.49. The number of alkyl halides is 3. The van der Waals surface area contributed by atoms with Crippen molar-refractivity contribution < 1.29 is 22.0 Å². The van der Waals surface area contributed by atoms with E-state index in [0.717, 1.165) is 0 Å². The van der Waals surface area contributed by atoms with Crippen LogP contribution >= 0.6 is 15.9 Å². The third-order valence-electron chi connectivity index (χ3n) is 1.29. The van der Waals surface area contributed by atoms with Gasteiger partial charge in [-0.25, -0.2) is 8.78 Å². The third-order valence-corrected chi connectivity index (χ3v) is 1.92. The summed E-state index contributed by atoms with van der Waals surface area (Å²) in [6, 6.07) is 0.749. The van der Waals surface area contributed by atoms with E-state index in [1.807, 2.05) is 0 Å². The number of rotatable bonds is 0. The van der Waals surface area contributed by atoms with Gasteiger partial charge in [-0.15, -0.1) is 0 Å². The Morgan fingerprint density at radius 3 is 2.00 bits per heavy atom. The van der Waals surface area contributed by atoms with Gasteiger partial charge in [0.2, 0.25) is 0 Å². The van der Waals surface area contributed by atoms with E-state index in [1.54, 1.807) is 0 Å². The molecule has 0 nitrogen and oxygen atoms in total. The van der Waals surface area contributed by atoms with E-state index in [0.29, 0.717) is 6.07 Å². The van der Waals surface area contributed by atoms with Gasteiger partial charge in [0.1, 0.15) is 17.2 Å². The molecule has 1 aromatic carbocycles. The summed E-state index contributed by atoms with van der Waals surface area (Å²) >= 11 is 2.43. The van der Waals surface area contributed by atoms with Crippen molar-refractivity contribution in [1.29, 1.82) is 0 Å². The van der Waals surface area contributed by atoms with Crippen molar-refractivity contribution in [2.75, 3.05) is 0 Å². The van der Waals surface area contributed by atoms with Gasteiger partial charge >= 0.3 is 6.18 Å². The summed E-state index contributed by atoms with van der Waals surface area (Å²) in [5, 5.41) is 0. The molecule has 0 aliphatic rings. The fraction of sp³-hybridized carbons (Fsp3) is 0.143. The molecule has 0 amide bonds. The lowest BCUT2D eigenvalue weighted by Crippen LogP contribution is -2.09. The highest BCUT2D eigenvalue weighted by Gasteiger charge is 2.36. The smallest absolute Gasteiger partial charge is 0.207 e. The number of hydrogen-bond donors (Lipinski definition) is 0. The Balaban J connectivity index is 3.38. The molecule has 0 heterocycles. The predicted molar refractivity (Wildman–Crippen MR) is 39.1 cm³/mol. The third kappa shape index (κ3) is 2.18. The first kappa shape index (κ1) is 10.4. The SMILES string of the molecule is Fc1cc(F)c(C(F)(F)F)c(Br)c1. The molecule has 0 aliphatic carbocycles. The molecule has 13 heavy (non-hydrogen) atoms. The minimum atomic E-state index is -4.82. The van der Waals surface area contributed by atoms with Crippen molar-refractivity contribution in [3.05, 3.63) is 33.8 Å². The average Bonchev–Trinajstić information content (AvgIpc) is 1.78. The first-order chi connectivity index (χ1) is 5.82. The Morgan fingerprint density at radius 1 is 1.08 bits per heavy atom. The van der Waals surface area contributed by atoms with Crippen molar-refractivity contribution in [2.45, 2.75) is 6.18 Å². The maximum absolute atomic E-state index is 12.6. The van der Waals surface area contributed by atoms with Gasteiger partial charge in [-0.05, 0) is 22.0 Å². The molecule has 0 saturated carbocycles. The minimum Gasteiger partial charge on any atom is -0.207 e. The normalized spacial score (nSPS) is 11.8. The summed E-state index contributed by atoms with van der Waals surface area (Å²) in [6.07, 6.45) is -4.82. The highest BCUT2D eigenvalue weighted by molar-refractivity contribution is 9.10. The van der Waals surface area contributed by atoms with Gasteiger partial charge in [-0.3, -0.25) is 0 Å². The van der Waals surface area contributed by atoms with E-state index in [2.05, 4.69) is 15.9 Å². The van der Waals surface area contributed by atoms with Crippen LogP contribution in [0.2, 0.25) is 0 Å². The van der Waals surface area contributed by atoms with Crippen molar-refractivity contribution in [2.24, 2.45) is 0 Å². The number of hydrogen-bond acceptors (Lipinski definition) is 0. The monoisotopic (exact) mass is 260 g/mol. The van der Waals surface area contributed by atoms with Crippen LogP contribution in [0.1, 0.15) is 5.56 Å². The zero-order valence-electron chi connectivity index (χ0n) is 5.92. The van der Waals surface area contributed by atoms with Crippen LogP contribution in [0.4, 0.5) is 22.0 Å². The van der Waals surface area contributed by atoms with E-state index < -0.39 is 27.8 Å². The Hall–Kier alpha value is -0.650. The van der Waals surface area contributed by atoms with Gasteiger partial charge < -0.3 is 0 Å². The Morgan fingerprint density at radius 2 is 1.62 bits per heavy atom. The van der Waals surface area contributed by atoms with Crippen LogP contribution in [0.3, 0.4) is 0 Å². The highest BCUT2D eigenvalue weighted by atomic mass is 79.9. The standard InChI is InChI=1S/C7H2BrF5/c8-4-1-3(9)2-5(10)6(4)7(11,12)13/h1-2H. The molecular weight excluding hydrogens is 259 g/mol. The fourth-order valence-corrected chi connectivity index (χ4v) is 1.45. The Kier molecular flexibility index (Phi) is 2.61. The number of halogens is 6. The van der Waals surface area contributed by atoms with Crippen LogP contribution in [-0.4, -0.2) is 0 Å². The van der Waals surface area contributed by atoms with Gasteiger partial charge in [0, 0.05) is 10.5 Å². The molecule has 0 saturated heterocycles. The molecule has 0 N–H and O–H groups in total. The fourth-order valence-electron chi connectivity index (χ4n) is 0.813. The summed E-state index contributed by atoms with van der Waals surface area (Å²) in [4.78, 5) is 0. The van der Waals surface area contributed by atoms with E-state index in [9.17, 15) is 22.0 Å². The van der Waals surface area contributed by atoms with E-state index in [-0.39, 0.29) is 6.07 Å². The van der Waals surface area contributed by atoms with Gasteiger partial charge in [-0.1, -0.05) is 0 Å². The molecular formula is C7H2BrF5. The lowest BCUT2D eigenvalue weighted by Gasteiger charge is -2.09. The zero-order chi connectivity index (χ0) is 10.2. The quantitative estimate of drug-likeness (QED) is 0.624. The van der Waals surface area contributed by atoms with Crippen LogP contribution in [0.15, 0.2) is 16.6 Å². The lowest BCUT2D eigenvalue weighted by molar-refractivity contribution is -0.140. The van der Waals surface area contributed by atoms with Gasteiger partial charge in [0.25, 0.3) is 0 Å². The van der Waals surface area contributed by atoms with Crippen molar-refractivity contribution in [3.63, 3.8) is 0 Å². The maximum Gasteiger partial charge on any atom is 0.420 e. The lowest BCUT2D eigenvalue weighted by atomic mass is 10.2. The predicted octanol–water partition coefficient (Wildman–Crippen LogP) is 3.75. The van der Waals surface area contributed by atoms with Crippen molar-refractivity contribution in [3.8, 4) is 0 Å². The molecule has 0 radical (unpaired) electrons. The van der Waals surface area contributed by atoms with E-state index in [4.69, 9.17) is 0 Å². The minimum absolute atomic E-state index is 0.188. The van der Waals surface area contributed by atoms with Crippen LogP contribution in [0, 0.1) is 11.6 Å². The molecule has 0 aliphatic heterocycles. The molecule has 0 aromatic heterocycles. The molecule has 6 heteroatoms. The Labute approximate surface area is 78.5 Å². The van der Waals surface area contributed by atoms with Gasteiger partial charge in [-0.2, -0.15) is 13.2 Å². The van der Waals surface area contributed by atoms with Gasteiger partial charge in [0.15, 0.2) is 0 Å². The highest BCUT2D eigenvalue weighted by Crippen LogP contribution is 2.36. The van der Waals surface area contributed by atoms with E-state index >= 15 is 0 Å². The van der Waals surface area contributed by atoms with Crippen molar-refractivity contribution in [1.82, 2.24) is 0 Å². The van der Waals surface area contributed by atoms with Crippen LogP contribution in [0.5, 0.6) is 0 Å². The second kappa shape index (κ2) is 3.25. The van der Waals surface area contributed by atoms with E-state index in [1.165, 1.54) is 0 Å². The second-order valence-electron chi connectivity index (χ2n) is 2.24. The molecule has 72 valence electrons. The maximum atomic E-state index is 12.6. The van der Waals surface area contributed by atoms with Gasteiger partial charge in [0.05, 0.1) is 0 Å². The Bertz CT molecular complexity index is 307. The molecule has 0 spiro atoms. The number of benzene rings is 1. The van der Waals surface area contributed by atoms with Crippen LogP contribution < -0.4 is 0 Å². The largest absolute Gasteiger partial charge is 0.420 e. The molecule has 1 rings (SSSR count). The van der Waals surface area contributed by atoms with Crippen molar-refractivity contribution >= 4 is 15.9 Å². The molecule has 0 atom stereocenters. The van der Waals surface area contributed by atoms with Crippen LogP contribution in [-0.2, 0) is 6.18 Å². The molecule has 0 fully saturated rings. The first-order valence-corrected chi connectivity index (χ1v) is 3.83. The molecule has 0 bridgehead atoms. The summed E-state index contributed by atoms with van der Waals surface area (Å²) in [5.74, 6) is -2.68. The summed E-state index contributed by atoms with van der Waals surface area (Å²) in [7, 11) is 0. The summed E-state index contributed by atoms with van der Waals surface area (Å²) < 4.78 is 60.5. The molecule has 1 aromatic rings. The zero-order valence-corrected chi connectivity index (χ0v) is 7.51. The second-order valence-corrected chi connectivity index (χ2v) is 3.10. The topological polar surface area (TPSA) is 0 Å². The van der Waals surface area contributed by atoms with Crippen LogP contribution in [0.25, 0.3) is 0 Å². The first-order valence-electron chi connectivity index (χ1n) is 3.04. The summed E-state index contributed by atoms with van der Waals surface area (Å²) in [6.45, 7) is 0.